The highest BCUT2D eigenvalue weighted by atomic mass is 32.1. The summed E-state index contributed by atoms with van der Waals surface area (Å²) >= 11 is 0. The average Bonchev–Trinajstić information content (AvgIpc) is 3.40. The van der Waals surface area contributed by atoms with Crippen LogP contribution in [0.15, 0.2) is 48.8 Å². The van der Waals surface area contributed by atoms with Crippen molar-refractivity contribution in [1.82, 2.24) is 19.9 Å². The summed E-state index contributed by atoms with van der Waals surface area (Å²) in [6.07, 6.45) is -2.93. The Morgan fingerprint density at radius 1 is 1.05 bits per heavy atom. The zero-order valence-electron chi connectivity index (χ0n) is 20.8. The molecular formula is C25H31F3N6O3S. The quantitative estimate of drug-likeness (QED) is 0.394. The third-order valence-electron chi connectivity index (χ3n) is 6.28. The molecule has 4 rings (SSSR count). The number of nitrogens with one attached hydrogen (secondary N) is 1. The van der Waals surface area contributed by atoms with Crippen LogP contribution in [-0.4, -0.2) is 88.5 Å². The van der Waals surface area contributed by atoms with Crippen molar-refractivity contribution in [3.05, 3.63) is 60.0 Å². The van der Waals surface area contributed by atoms with Gasteiger partial charge in [-0.15, -0.1) is 0 Å². The fraction of sp³-hybridized carbons (Fsp3) is 0.400. The Morgan fingerprint density at radius 2 is 1.71 bits per heavy atom. The van der Waals surface area contributed by atoms with Crippen LogP contribution in [0.4, 0.5) is 24.7 Å². The SMILES string of the molecule is CN(C[C@H](O)CO)C(=O)Cc1ccc(N2CCN(c3ccc(-c4ncc(C(F)(F)F)[nH]4)cn3)CC2)cc1.S. The number of benzene rings is 1. The van der Waals surface area contributed by atoms with E-state index in [-0.39, 0.29) is 38.2 Å². The zero-order chi connectivity index (χ0) is 26.6. The Bertz CT molecular complexity index is 1180. The molecule has 1 aromatic carbocycles. The van der Waals surface area contributed by atoms with Crippen LogP contribution < -0.4 is 9.80 Å². The number of aromatic amines is 1. The summed E-state index contributed by atoms with van der Waals surface area (Å²) in [6.45, 7) is 2.66. The van der Waals surface area contributed by atoms with Crippen LogP contribution in [0, 0.1) is 0 Å². The molecule has 1 amide bonds. The summed E-state index contributed by atoms with van der Waals surface area (Å²) in [4.78, 5) is 28.6. The molecule has 9 nitrogen and oxygen atoms in total. The number of rotatable bonds is 8. The molecule has 0 saturated carbocycles. The molecule has 0 unspecified atom stereocenters. The predicted octanol–water partition coefficient (Wildman–Crippen LogP) is 2.28. The largest absolute Gasteiger partial charge is 0.432 e. The van der Waals surface area contributed by atoms with Gasteiger partial charge in [-0.25, -0.2) is 9.97 Å². The monoisotopic (exact) mass is 552 g/mol. The Labute approximate surface area is 225 Å². The van der Waals surface area contributed by atoms with Crippen molar-refractivity contribution in [3.63, 3.8) is 0 Å². The molecule has 1 atom stereocenters. The summed E-state index contributed by atoms with van der Waals surface area (Å²) < 4.78 is 38.4. The second-order valence-electron chi connectivity index (χ2n) is 8.98. The molecular weight excluding hydrogens is 521 g/mol. The van der Waals surface area contributed by atoms with Gasteiger partial charge in [0, 0.05) is 57.2 Å². The number of carbonyl (C=O) groups is 1. The number of nitrogens with zero attached hydrogens (tertiary/aromatic N) is 5. The van der Waals surface area contributed by atoms with E-state index >= 15 is 0 Å². The minimum atomic E-state index is -4.47. The third kappa shape index (κ3) is 7.17. The number of aliphatic hydroxyl groups excluding tert-OH is 2. The number of aliphatic hydroxyl groups is 2. The Balaban J connectivity index is 0.00000400. The summed E-state index contributed by atoms with van der Waals surface area (Å²) in [7, 11) is 1.60. The van der Waals surface area contributed by atoms with E-state index in [1.807, 2.05) is 24.3 Å². The lowest BCUT2D eigenvalue weighted by atomic mass is 10.1. The predicted molar refractivity (Wildman–Crippen MR) is 143 cm³/mol. The first-order valence-electron chi connectivity index (χ1n) is 11.8. The molecule has 3 N–H and O–H groups in total. The van der Waals surface area contributed by atoms with E-state index < -0.39 is 24.6 Å². The molecule has 38 heavy (non-hydrogen) atoms. The van der Waals surface area contributed by atoms with Crippen molar-refractivity contribution in [2.75, 3.05) is 56.2 Å². The molecule has 1 fully saturated rings. The summed E-state index contributed by atoms with van der Waals surface area (Å²) in [5, 5.41) is 18.4. The molecule has 13 heteroatoms. The summed E-state index contributed by atoms with van der Waals surface area (Å²) in [6, 6.07) is 11.3. The van der Waals surface area contributed by atoms with E-state index in [4.69, 9.17) is 5.11 Å². The number of aromatic nitrogens is 3. The molecule has 0 aliphatic carbocycles. The number of imidazole rings is 1. The van der Waals surface area contributed by atoms with Gasteiger partial charge in [0.05, 0.1) is 25.3 Å². The number of H-pyrrole nitrogens is 1. The van der Waals surface area contributed by atoms with Crippen LogP contribution in [0.2, 0.25) is 0 Å². The number of likely N-dealkylation sites (N-methyl/N-ethyl adjacent to an activating group) is 1. The molecule has 206 valence electrons. The topological polar surface area (TPSA) is 109 Å². The van der Waals surface area contributed by atoms with Crippen molar-refractivity contribution in [2.45, 2.75) is 18.7 Å². The summed E-state index contributed by atoms with van der Waals surface area (Å²) in [5.74, 6) is 0.728. The Hall–Kier alpha value is -3.29. The first-order chi connectivity index (χ1) is 17.6. The molecule has 1 saturated heterocycles. The number of alkyl halides is 3. The average molecular weight is 553 g/mol. The van der Waals surface area contributed by atoms with Crippen molar-refractivity contribution in [1.29, 1.82) is 0 Å². The van der Waals surface area contributed by atoms with E-state index in [2.05, 4.69) is 24.8 Å². The van der Waals surface area contributed by atoms with Gasteiger partial charge >= 0.3 is 6.18 Å². The molecule has 3 aromatic rings. The number of halogens is 3. The van der Waals surface area contributed by atoms with Crippen molar-refractivity contribution >= 4 is 30.9 Å². The normalized spacial score (nSPS) is 14.7. The van der Waals surface area contributed by atoms with E-state index in [9.17, 15) is 23.1 Å². The van der Waals surface area contributed by atoms with Crippen LogP contribution in [0.1, 0.15) is 11.3 Å². The van der Waals surface area contributed by atoms with E-state index in [1.54, 1.807) is 19.2 Å². The van der Waals surface area contributed by atoms with Gasteiger partial charge in [0.1, 0.15) is 17.3 Å². The molecule has 0 spiro atoms. The fourth-order valence-electron chi connectivity index (χ4n) is 4.13. The van der Waals surface area contributed by atoms with Crippen molar-refractivity contribution in [2.24, 2.45) is 0 Å². The van der Waals surface area contributed by atoms with Crippen LogP contribution in [0.5, 0.6) is 0 Å². The van der Waals surface area contributed by atoms with Gasteiger partial charge in [0.15, 0.2) is 0 Å². The fourth-order valence-corrected chi connectivity index (χ4v) is 4.13. The van der Waals surface area contributed by atoms with Gasteiger partial charge in [-0.3, -0.25) is 4.79 Å². The van der Waals surface area contributed by atoms with Crippen LogP contribution in [0.25, 0.3) is 11.4 Å². The smallest absolute Gasteiger partial charge is 0.394 e. The van der Waals surface area contributed by atoms with Gasteiger partial charge < -0.3 is 29.9 Å². The molecule has 3 heterocycles. The maximum Gasteiger partial charge on any atom is 0.432 e. The highest BCUT2D eigenvalue weighted by molar-refractivity contribution is 7.59. The standard InChI is InChI=1S/C25H29F3N6O3.H2S/c1-32(15-20(36)16-35)23(37)12-17-2-5-19(6-3-17)33-8-10-34(11-9-33)22-7-4-18(13-29-22)24-30-14-21(31-24)25(26,27)28;/h2-7,13-14,20,35-36H,8-12,15-16H2,1H3,(H,30,31);1H2/t20-;/m0./s1. The highest BCUT2D eigenvalue weighted by Gasteiger charge is 2.33. The lowest BCUT2D eigenvalue weighted by molar-refractivity contribution is -0.140. The number of anilines is 2. The lowest BCUT2D eigenvalue weighted by Gasteiger charge is -2.36. The van der Waals surface area contributed by atoms with Gasteiger partial charge in [-0.2, -0.15) is 26.7 Å². The zero-order valence-corrected chi connectivity index (χ0v) is 21.8. The van der Waals surface area contributed by atoms with Crippen LogP contribution in [0.3, 0.4) is 0 Å². The van der Waals surface area contributed by atoms with Crippen molar-refractivity contribution < 1.29 is 28.2 Å². The maximum absolute atomic E-state index is 12.8. The second kappa shape index (κ2) is 12.5. The third-order valence-corrected chi connectivity index (χ3v) is 6.28. The molecule has 0 bridgehead atoms. The van der Waals surface area contributed by atoms with Gasteiger partial charge in [0.25, 0.3) is 0 Å². The molecule has 1 aliphatic rings. The Morgan fingerprint density at radius 3 is 2.26 bits per heavy atom. The number of carbonyl (C=O) groups excluding carboxylic acids is 1. The van der Waals surface area contributed by atoms with Crippen LogP contribution in [-0.2, 0) is 17.4 Å². The Kier molecular flexibility index (Phi) is 9.63. The van der Waals surface area contributed by atoms with Gasteiger partial charge in [0.2, 0.25) is 5.91 Å². The number of piperazine rings is 1. The first-order valence-corrected chi connectivity index (χ1v) is 11.8. The first kappa shape index (κ1) is 29.3. The van der Waals surface area contributed by atoms with E-state index in [1.165, 1.54) is 11.1 Å². The number of amides is 1. The summed E-state index contributed by atoms with van der Waals surface area (Å²) in [5.41, 5.74) is 1.49. The van der Waals surface area contributed by atoms with Crippen molar-refractivity contribution in [3.8, 4) is 11.4 Å². The number of pyridine rings is 1. The number of hydrogen-bond acceptors (Lipinski definition) is 7. The maximum atomic E-state index is 12.8. The van der Waals surface area contributed by atoms with Gasteiger partial charge in [-0.1, -0.05) is 12.1 Å². The lowest BCUT2D eigenvalue weighted by Crippen LogP contribution is -2.46. The highest BCUT2D eigenvalue weighted by Crippen LogP contribution is 2.29. The van der Waals surface area contributed by atoms with Gasteiger partial charge in [-0.05, 0) is 29.8 Å². The molecule has 0 radical (unpaired) electrons. The second-order valence-corrected chi connectivity index (χ2v) is 8.98. The minimum Gasteiger partial charge on any atom is -0.394 e. The molecule has 1 aliphatic heterocycles. The number of hydrogen-bond donors (Lipinski definition) is 3. The minimum absolute atomic E-state index is 0. The van der Waals surface area contributed by atoms with E-state index in [0.29, 0.717) is 5.56 Å². The van der Waals surface area contributed by atoms with E-state index in [0.717, 1.165) is 49.4 Å². The molecule has 2 aromatic heterocycles. The van der Waals surface area contributed by atoms with Crippen LogP contribution >= 0.6 is 13.5 Å².